The van der Waals surface area contributed by atoms with Gasteiger partial charge in [-0.25, -0.2) is 10.0 Å². The molecule has 1 fully saturated rings. The number of hydrogen-bond acceptors (Lipinski definition) is 2. The summed E-state index contributed by atoms with van der Waals surface area (Å²) in [6.07, 6.45) is 2.43. The number of anilines is 2. The molecule has 2 aromatic carbocycles. The quantitative estimate of drug-likeness (QED) is 0.614. The van der Waals surface area contributed by atoms with Crippen LogP contribution in [0.25, 0.3) is 0 Å². The number of amides is 2. The van der Waals surface area contributed by atoms with E-state index in [1.54, 1.807) is 0 Å². The van der Waals surface area contributed by atoms with Crippen molar-refractivity contribution < 1.29 is 9.59 Å². The van der Waals surface area contributed by atoms with Crippen LogP contribution in [0.1, 0.15) is 26.2 Å². The first kappa shape index (κ1) is 19.0. The normalized spacial score (nSPS) is 14.9. The largest absolute Gasteiger partial charge is 0.272 e. The first-order valence-electron chi connectivity index (χ1n) is 8.02. The number of para-hydroxylation sites is 2. The third kappa shape index (κ3) is 3.66. The Bertz CT molecular complexity index is 634. The summed E-state index contributed by atoms with van der Waals surface area (Å²) in [6, 6.07) is 18.7. The molecular weight excluding hydrogens is 328 g/mol. The van der Waals surface area contributed by atoms with Crippen LogP contribution in [0.3, 0.4) is 0 Å². The molecule has 0 saturated carbocycles. The number of hydrogen-bond donors (Lipinski definition) is 0. The Hall–Kier alpha value is -1.36. The van der Waals surface area contributed by atoms with Gasteiger partial charge in [0, 0.05) is 37.7 Å². The van der Waals surface area contributed by atoms with Crippen LogP contribution < -0.4 is 10.0 Å². The fourth-order valence-electron chi connectivity index (χ4n) is 2.88. The van der Waals surface area contributed by atoms with Crippen LogP contribution in [-0.2, 0) is 9.59 Å². The zero-order valence-corrected chi connectivity index (χ0v) is 16.1. The van der Waals surface area contributed by atoms with Crippen LogP contribution in [0.5, 0.6) is 0 Å². The van der Waals surface area contributed by atoms with Gasteiger partial charge in [0.15, 0.2) is 0 Å². The Morgan fingerprint density at radius 2 is 1.21 bits per heavy atom. The van der Waals surface area contributed by atoms with Crippen LogP contribution >= 0.6 is 0 Å². The average Bonchev–Trinajstić information content (AvgIpc) is 2.85. The number of hydrazine groups is 1. The molecule has 0 aliphatic carbocycles. The molecule has 1 saturated heterocycles. The molecule has 120 valence electrons. The smallest absolute Gasteiger partial charge is 0.258 e. The predicted octanol–water partition coefficient (Wildman–Crippen LogP) is 3.41. The molecule has 0 aromatic heterocycles. The zero-order valence-electron chi connectivity index (χ0n) is 13.9. The Morgan fingerprint density at radius 3 is 1.58 bits per heavy atom. The summed E-state index contributed by atoms with van der Waals surface area (Å²) in [4.78, 5) is 25.7. The van der Waals surface area contributed by atoms with Gasteiger partial charge in [0.05, 0.1) is 11.4 Å². The molecule has 0 atom stereocenters. The van der Waals surface area contributed by atoms with Crippen LogP contribution in [-0.4, -0.2) is 49.6 Å². The maximum absolute atomic E-state index is 12.9. The maximum Gasteiger partial charge on any atom is 0.258 e. The van der Waals surface area contributed by atoms with E-state index >= 15 is 0 Å². The van der Waals surface area contributed by atoms with Crippen molar-refractivity contribution in [1.82, 2.24) is 0 Å². The van der Waals surface area contributed by atoms with Gasteiger partial charge in [-0.1, -0.05) is 56.2 Å². The second-order valence-electron chi connectivity index (χ2n) is 5.67. The van der Waals surface area contributed by atoms with Crippen LogP contribution in [0.15, 0.2) is 60.7 Å². The van der Waals surface area contributed by atoms with Crippen molar-refractivity contribution >= 4 is 60.9 Å². The molecule has 1 aliphatic heterocycles. The van der Waals surface area contributed by atoms with E-state index in [1.165, 1.54) is 10.0 Å². The summed E-state index contributed by atoms with van der Waals surface area (Å²) in [7, 11) is 0. The fraction of sp³-hybridized carbons (Fsp3) is 0.263. The second-order valence-corrected chi connectivity index (χ2v) is 5.67. The van der Waals surface area contributed by atoms with Gasteiger partial charge in [0.25, 0.3) is 11.8 Å². The Balaban J connectivity index is 0.00000208. The van der Waals surface area contributed by atoms with E-state index in [1.807, 2.05) is 60.7 Å². The topological polar surface area (TPSA) is 40.6 Å². The first-order valence-corrected chi connectivity index (χ1v) is 8.02. The van der Waals surface area contributed by atoms with Crippen molar-refractivity contribution in [3.8, 4) is 0 Å². The number of unbranched alkanes of at least 4 members (excludes halogenated alkanes) is 1. The molecule has 2 radical (unpaired) electrons. The summed E-state index contributed by atoms with van der Waals surface area (Å²) in [5.41, 5.74) is 1.43. The van der Waals surface area contributed by atoms with E-state index < -0.39 is 5.92 Å². The molecule has 1 aliphatic rings. The summed E-state index contributed by atoms with van der Waals surface area (Å²) in [5.74, 6) is -0.868. The van der Waals surface area contributed by atoms with Gasteiger partial charge < -0.3 is 0 Å². The fourth-order valence-corrected chi connectivity index (χ4v) is 2.88. The summed E-state index contributed by atoms with van der Waals surface area (Å²) >= 11 is 0. The molecule has 0 unspecified atom stereocenters. The molecule has 0 bridgehead atoms. The Labute approximate surface area is 172 Å². The van der Waals surface area contributed by atoms with E-state index in [4.69, 9.17) is 0 Å². The first-order chi connectivity index (χ1) is 11.2. The molecule has 1 heterocycles. The summed E-state index contributed by atoms with van der Waals surface area (Å²) in [6.45, 7) is 2.06. The number of nitrogens with zero attached hydrogens (tertiary/aromatic N) is 2. The molecular formula is C19H20CaN2O2. The number of benzene rings is 2. The molecule has 2 amide bonds. The van der Waals surface area contributed by atoms with Gasteiger partial charge in [0.2, 0.25) is 0 Å². The van der Waals surface area contributed by atoms with Gasteiger partial charge in [0.1, 0.15) is 5.92 Å². The van der Waals surface area contributed by atoms with Crippen LogP contribution in [0.2, 0.25) is 0 Å². The van der Waals surface area contributed by atoms with Crippen molar-refractivity contribution in [3.05, 3.63) is 60.7 Å². The Kier molecular flexibility index (Phi) is 6.84. The summed E-state index contributed by atoms with van der Waals surface area (Å²) < 4.78 is 0. The van der Waals surface area contributed by atoms with Gasteiger partial charge in [-0.05, 0) is 30.7 Å². The molecule has 24 heavy (non-hydrogen) atoms. The van der Waals surface area contributed by atoms with Gasteiger partial charge in [-0.3, -0.25) is 9.59 Å². The standard InChI is InChI=1S/C19H20N2O2.Ca/c1-2-3-14-17-18(22)20(15-10-6-4-7-11-15)21(19(17)23)16-12-8-5-9-13-16;/h4-13,17H,2-3,14H2,1H3;. The van der Waals surface area contributed by atoms with E-state index in [-0.39, 0.29) is 49.6 Å². The minimum Gasteiger partial charge on any atom is -0.272 e. The van der Waals surface area contributed by atoms with Gasteiger partial charge >= 0.3 is 0 Å². The number of rotatable bonds is 5. The predicted molar refractivity (Wildman–Crippen MR) is 96.6 cm³/mol. The van der Waals surface area contributed by atoms with E-state index in [2.05, 4.69) is 6.92 Å². The number of carbonyl (C=O) groups is 2. The van der Waals surface area contributed by atoms with Crippen LogP contribution in [0.4, 0.5) is 11.4 Å². The van der Waals surface area contributed by atoms with Crippen molar-refractivity contribution in [3.63, 3.8) is 0 Å². The maximum atomic E-state index is 12.9. The SMILES string of the molecule is CCCCC1C(=O)N(c2ccccc2)N(c2ccccc2)C1=O.[Ca]. The summed E-state index contributed by atoms with van der Waals surface area (Å²) in [5, 5.41) is 3.02. The van der Waals surface area contributed by atoms with Crippen molar-refractivity contribution in [2.24, 2.45) is 5.92 Å². The second kappa shape index (κ2) is 8.65. The average molecular weight is 348 g/mol. The molecule has 3 rings (SSSR count). The van der Waals surface area contributed by atoms with Gasteiger partial charge in [-0.15, -0.1) is 0 Å². The minimum atomic E-state index is -0.588. The third-order valence-electron chi connectivity index (χ3n) is 4.06. The molecule has 2 aromatic rings. The van der Waals surface area contributed by atoms with E-state index in [0.29, 0.717) is 17.8 Å². The number of carbonyl (C=O) groups excluding carboxylic acids is 2. The third-order valence-corrected chi connectivity index (χ3v) is 4.06. The molecule has 0 N–H and O–H groups in total. The monoisotopic (exact) mass is 348 g/mol. The molecule has 5 heteroatoms. The van der Waals surface area contributed by atoms with E-state index in [0.717, 1.165) is 12.8 Å². The minimum absolute atomic E-state index is 0. The Morgan fingerprint density at radius 1 is 0.792 bits per heavy atom. The van der Waals surface area contributed by atoms with Crippen molar-refractivity contribution in [2.45, 2.75) is 26.2 Å². The van der Waals surface area contributed by atoms with Gasteiger partial charge in [-0.2, -0.15) is 0 Å². The van der Waals surface area contributed by atoms with Crippen molar-refractivity contribution in [1.29, 1.82) is 0 Å². The molecule has 0 spiro atoms. The molecule has 4 nitrogen and oxygen atoms in total. The van der Waals surface area contributed by atoms with Crippen LogP contribution in [0, 0.1) is 5.92 Å². The van der Waals surface area contributed by atoms with E-state index in [9.17, 15) is 9.59 Å². The zero-order chi connectivity index (χ0) is 16.2. The van der Waals surface area contributed by atoms with Crippen molar-refractivity contribution in [2.75, 3.05) is 10.0 Å².